The molecule has 2 rings (SSSR count). The Kier molecular flexibility index (Phi) is 6.01. The van der Waals surface area contributed by atoms with E-state index in [1.165, 1.54) is 16.8 Å². The number of hydrogen-bond donors (Lipinski definition) is 1. The van der Waals surface area contributed by atoms with Gasteiger partial charge >= 0.3 is 0 Å². The normalized spacial score (nSPS) is 11.5. The van der Waals surface area contributed by atoms with Crippen molar-refractivity contribution in [2.24, 2.45) is 0 Å². The molecule has 1 aromatic carbocycles. The molecule has 1 heterocycles. The molecule has 25 heavy (non-hydrogen) atoms. The second-order valence-corrected chi connectivity index (χ2v) is 7.61. The highest BCUT2D eigenvalue weighted by molar-refractivity contribution is 5.50. The molecule has 0 fully saturated rings. The maximum atomic E-state index is 5.25. The summed E-state index contributed by atoms with van der Waals surface area (Å²) in [7, 11) is 5.79. The van der Waals surface area contributed by atoms with Crippen LogP contribution in [-0.4, -0.2) is 31.2 Å². The first-order valence-electron chi connectivity index (χ1n) is 8.59. The van der Waals surface area contributed by atoms with Gasteiger partial charge in [-0.2, -0.15) is 0 Å². The summed E-state index contributed by atoms with van der Waals surface area (Å²) in [6.45, 7) is 9.71. The van der Waals surface area contributed by atoms with E-state index in [1.807, 2.05) is 6.07 Å². The van der Waals surface area contributed by atoms with E-state index >= 15 is 0 Å². The zero-order valence-electron chi connectivity index (χ0n) is 16.5. The Hall–Kier alpha value is -2.14. The van der Waals surface area contributed by atoms with Gasteiger partial charge in [0.1, 0.15) is 11.6 Å². The maximum absolute atomic E-state index is 5.25. The summed E-state index contributed by atoms with van der Waals surface area (Å²) in [5.74, 6) is 1.66. The molecule has 1 aromatic heterocycles. The molecule has 0 amide bonds. The predicted molar refractivity (Wildman–Crippen MR) is 104 cm³/mol. The lowest BCUT2D eigenvalue weighted by molar-refractivity contribution is 0.181. The minimum absolute atomic E-state index is 0.108. The van der Waals surface area contributed by atoms with Gasteiger partial charge in [-0.05, 0) is 30.2 Å². The highest BCUT2D eigenvalue weighted by atomic mass is 16.5. The molecule has 0 saturated carbocycles. The molecule has 0 radical (unpaired) electrons. The van der Waals surface area contributed by atoms with Gasteiger partial charge in [0.25, 0.3) is 0 Å². The number of aromatic nitrogens is 2. The van der Waals surface area contributed by atoms with E-state index < -0.39 is 0 Å². The van der Waals surface area contributed by atoms with Crippen molar-refractivity contribution in [2.45, 2.75) is 46.3 Å². The van der Waals surface area contributed by atoms with Crippen molar-refractivity contribution in [2.75, 3.05) is 31.4 Å². The van der Waals surface area contributed by atoms with Crippen LogP contribution >= 0.6 is 0 Å². The van der Waals surface area contributed by atoms with E-state index in [2.05, 4.69) is 75.2 Å². The zero-order valence-corrected chi connectivity index (χ0v) is 16.5. The first-order chi connectivity index (χ1) is 11.7. The molecular weight excluding hydrogens is 312 g/mol. The minimum atomic E-state index is -0.108. The fraction of sp³-hybridized carbons (Fsp3) is 0.500. The number of ether oxygens (including phenoxy) is 1. The Morgan fingerprint density at radius 2 is 1.84 bits per heavy atom. The summed E-state index contributed by atoms with van der Waals surface area (Å²) < 4.78 is 5.25. The van der Waals surface area contributed by atoms with Crippen molar-refractivity contribution in [1.29, 1.82) is 0 Å². The van der Waals surface area contributed by atoms with Crippen molar-refractivity contribution < 1.29 is 4.74 Å². The first kappa shape index (κ1) is 19.2. The molecule has 0 atom stereocenters. The Balaban J connectivity index is 2.21. The lowest BCUT2D eigenvalue weighted by Crippen LogP contribution is -2.18. The fourth-order valence-electron chi connectivity index (χ4n) is 2.49. The summed E-state index contributed by atoms with van der Waals surface area (Å²) in [5.41, 5.74) is 4.52. The second-order valence-electron chi connectivity index (χ2n) is 7.61. The van der Waals surface area contributed by atoms with Gasteiger partial charge in [-0.1, -0.05) is 26.8 Å². The largest absolute Gasteiger partial charge is 0.378 e. The zero-order chi connectivity index (χ0) is 18.6. The van der Waals surface area contributed by atoms with Crippen molar-refractivity contribution in [1.82, 2.24) is 9.97 Å². The third kappa shape index (κ3) is 5.16. The number of benzene rings is 1. The molecule has 2 aromatic rings. The predicted octanol–water partition coefficient (Wildman–Crippen LogP) is 3.91. The van der Waals surface area contributed by atoms with Crippen LogP contribution in [0.15, 0.2) is 24.3 Å². The van der Waals surface area contributed by atoms with E-state index in [0.717, 1.165) is 23.9 Å². The molecule has 0 aliphatic rings. The molecule has 136 valence electrons. The molecule has 0 bridgehead atoms. The molecule has 0 aliphatic carbocycles. The fourth-order valence-corrected chi connectivity index (χ4v) is 2.49. The van der Waals surface area contributed by atoms with Crippen LogP contribution in [0.4, 0.5) is 11.5 Å². The van der Waals surface area contributed by atoms with E-state index in [9.17, 15) is 0 Å². The van der Waals surface area contributed by atoms with Gasteiger partial charge in [-0.25, -0.2) is 9.97 Å². The van der Waals surface area contributed by atoms with Gasteiger partial charge in [0.05, 0.1) is 12.3 Å². The Morgan fingerprint density at radius 3 is 2.40 bits per heavy atom. The van der Waals surface area contributed by atoms with Crippen LogP contribution in [0.25, 0.3) is 0 Å². The number of nitrogens with one attached hydrogen (secondary N) is 1. The van der Waals surface area contributed by atoms with E-state index in [4.69, 9.17) is 9.72 Å². The Morgan fingerprint density at radius 1 is 1.12 bits per heavy atom. The third-order valence-corrected chi connectivity index (χ3v) is 4.04. The van der Waals surface area contributed by atoms with Gasteiger partial charge < -0.3 is 15.0 Å². The van der Waals surface area contributed by atoms with Crippen LogP contribution in [0.5, 0.6) is 0 Å². The molecule has 0 spiro atoms. The van der Waals surface area contributed by atoms with Crippen LogP contribution in [-0.2, 0) is 23.3 Å². The number of methoxy groups -OCH3 is 1. The lowest BCUT2D eigenvalue weighted by Gasteiger charge is -2.19. The molecule has 5 nitrogen and oxygen atoms in total. The van der Waals surface area contributed by atoms with Crippen LogP contribution in [0.1, 0.15) is 43.4 Å². The summed E-state index contributed by atoms with van der Waals surface area (Å²) in [5, 5.41) is 3.44. The summed E-state index contributed by atoms with van der Waals surface area (Å²) >= 11 is 0. The second kappa shape index (κ2) is 7.83. The number of hydrogen-bond acceptors (Lipinski definition) is 5. The summed E-state index contributed by atoms with van der Waals surface area (Å²) in [6, 6.07) is 8.47. The van der Waals surface area contributed by atoms with Gasteiger partial charge in [0, 0.05) is 44.9 Å². The van der Waals surface area contributed by atoms with E-state index in [-0.39, 0.29) is 5.41 Å². The average molecular weight is 342 g/mol. The number of nitrogens with zero attached hydrogens (tertiary/aromatic N) is 3. The molecule has 0 saturated heterocycles. The molecule has 0 unspecified atom stereocenters. The van der Waals surface area contributed by atoms with Crippen molar-refractivity contribution in [3.63, 3.8) is 0 Å². The van der Waals surface area contributed by atoms with Gasteiger partial charge in [0.15, 0.2) is 0 Å². The number of rotatable bonds is 6. The standard InChI is InChI=1S/C20H30N4O/c1-14-10-17(24(5)6)9-8-15(14)12-21-18-11-16(13-25-7)22-19(23-18)20(2,3)4/h8-11H,12-13H2,1-7H3,(H,21,22,23). The van der Waals surface area contributed by atoms with Gasteiger partial charge in [-0.15, -0.1) is 0 Å². The quantitative estimate of drug-likeness (QED) is 0.862. The minimum Gasteiger partial charge on any atom is -0.378 e. The summed E-state index contributed by atoms with van der Waals surface area (Å²) in [6.07, 6.45) is 0. The van der Waals surface area contributed by atoms with Crippen LogP contribution < -0.4 is 10.2 Å². The SMILES string of the molecule is COCc1cc(NCc2ccc(N(C)C)cc2C)nc(C(C)(C)C)n1. The molecular formula is C20H30N4O. The third-order valence-electron chi connectivity index (χ3n) is 4.04. The highest BCUT2D eigenvalue weighted by Gasteiger charge is 2.19. The molecule has 0 aliphatic heterocycles. The van der Waals surface area contributed by atoms with E-state index in [0.29, 0.717) is 6.61 Å². The average Bonchev–Trinajstić information content (AvgIpc) is 2.53. The van der Waals surface area contributed by atoms with Crippen LogP contribution in [0.3, 0.4) is 0 Å². The monoisotopic (exact) mass is 342 g/mol. The van der Waals surface area contributed by atoms with E-state index in [1.54, 1.807) is 7.11 Å². The highest BCUT2D eigenvalue weighted by Crippen LogP contribution is 2.22. The number of aryl methyl sites for hydroxylation is 1. The van der Waals surface area contributed by atoms with Crippen LogP contribution in [0.2, 0.25) is 0 Å². The molecule has 1 N–H and O–H groups in total. The van der Waals surface area contributed by atoms with Gasteiger partial charge in [-0.3, -0.25) is 0 Å². The van der Waals surface area contributed by atoms with Crippen molar-refractivity contribution in [3.8, 4) is 0 Å². The number of anilines is 2. The summed E-state index contributed by atoms with van der Waals surface area (Å²) in [4.78, 5) is 11.4. The Bertz CT molecular complexity index is 720. The smallest absolute Gasteiger partial charge is 0.136 e. The lowest BCUT2D eigenvalue weighted by atomic mass is 9.95. The van der Waals surface area contributed by atoms with Crippen molar-refractivity contribution in [3.05, 3.63) is 46.9 Å². The topological polar surface area (TPSA) is 50.3 Å². The van der Waals surface area contributed by atoms with Crippen LogP contribution in [0, 0.1) is 6.92 Å². The maximum Gasteiger partial charge on any atom is 0.136 e. The van der Waals surface area contributed by atoms with Gasteiger partial charge in [0.2, 0.25) is 0 Å². The Labute approximate surface area is 151 Å². The molecule has 5 heteroatoms. The first-order valence-corrected chi connectivity index (χ1v) is 8.59. The van der Waals surface area contributed by atoms with Crippen molar-refractivity contribution >= 4 is 11.5 Å².